The molecule has 0 saturated heterocycles. The number of rotatable bonds is 4. The Balaban J connectivity index is 1.51. The number of hydrogen-bond donors (Lipinski definition) is 2. The molecule has 0 aliphatic rings. The molecule has 0 aliphatic heterocycles. The fourth-order valence-corrected chi connectivity index (χ4v) is 2.45. The zero-order chi connectivity index (χ0) is 16.5. The molecule has 0 amide bonds. The van der Waals surface area contributed by atoms with E-state index in [1.165, 1.54) is 12.1 Å². The monoisotopic (exact) mass is 326 g/mol. The van der Waals surface area contributed by atoms with E-state index in [2.05, 4.69) is 20.7 Å². The standard InChI is InChI=1S/C17H12F2N4O/c18-13-3-1-2-12(17(13)19)16-7-5-11(24-16)9-20-10-4-6-14-15(8-10)22-23-21-14/h1-8,20H,9H2,(H,21,22,23). The molecule has 2 N–H and O–H groups in total. The van der Waals surface area contributed by atoms with Crippen molar-refractivity contribution in [2.75, 3.05) is 5.32 Å². The highest BCUT2D eigenvalue weighted by molar-refractivity contribution is 5.77. The molecule has 0 bridgehead atoms. The second kappa shape index (κ2) is 5.77. The Morgan fingerprint density at radius 2 is 1.88 bits per heavy atom. The van der Waals surface area contributed by atoms with Gasteiger partial charge in [-0.3, -0.25) is 0 Å². The number of nitrogens with zero attached hydrogens (tertiary/aromatic N) is 2. The van der Waals surface area contributed by atoms with E-state index in [-0.39, 0.29) is 11.3 Å². The van der Waals surface area contributed by atoms with Crippen molar-refractivity contribution in [3.05, 3.63) is 65.9 Å². The first kappa shape index (κ1) is 14.4. The van der Waals surface area contributed by atoms with Gasteiger partial charge in [-0.2, -0.15) is 15.4 Å². The van der Waals surface area contributed by atoms with Crippen LogP contribution in [0.4, 0.5) is 14.5 Å². The van der Waals surface area contributed by atoms with Crippen LogP contribution >= 0.6 is 0 Å². The summed E-state index contributed by atoms with van der Waals surface area (Å²) < 4.78 is 32.7. The molecule has 120 valence electrons. The number of hydrogen-bond acceptors (Lipinski definition) is 4. The first-order valence-electron chi connectivity index (χ1n) is 7.28. The van der Waals surface area contributed by atoms with Crippen LogP contribution in [0.1, 0.15) is 5.76 Å². The summed E-state index contributed by atoms with van der Waals surface area (Å²) in [5, 5.41) is 13.7. The third-order valence-electron chi connectivity index (χ3n) is 3.66. The Morgan fingerprint density at radius 1 is 1.00 bits per heavy atom. The Hall–Kier alpha value is -3.22. The van der Waals surface area contributed by atoms with Crippen molar-refractivity contribution >= 4 is 16.7 Å². The molecule has 2 heterocycles. The van der Waals surface area contributed by atoms with Gasteiger partial charge in [0, 0.05) is 5.69 Å². The van der Waals surface area contributed by atoms with Crippen LogP contribution < -0.4 is 5.32 Å². The largest absolute Gasteiger partial charge is 0.459 e. The van der Waals surface area contributed by atoms with Crippen LogP contribution in [0.2, 0.25) is 0 Å². The lowest BCUT2D eigenvalue weighted by Gasteiger charge is -2.04. The lowest BCUT2D eigenvalue weighted by atomic mass is 10.1. The first-order valence-corrected chi connectivity index (χ1v) is 7.28. The molecule has 7 heteroatoms. The van der Waals surface area contributed by atoms with Gasteiger partial charge in [0.1, 0.15) is 22.6 Å². The topological polar surface area (TPSA) is 66.7 Å². The SMILES string of the molecule is Fc1cccc(-c2ccc(CNc3ccc4n[nH]nc4c3)o2)c1F. The summed E-state index contributed by atoms with van der Waals surface area (Å²) >= 11 is 0. The van der Waals surface area contributed by atoms with E-state index in [1.807, 2.05) is 18.2 Å². The summed E-state index contributed by atoms with van der Waals surface area (Å²) in [6.45, 7) is 0.403. The third-order valence-corrected chi connectivity index (χ3v) is 3.66. The summed E-state index contributed by atoms with van der Waals surface area (Å²) in [7, 11) is 0. The second-order valence-electron chi connectivity index (χ2n) is 5.25. The van der Waals surface area contributed by atoms with Gasteiger partial charge in [-0.1, -0.05) is 6.07 Å². The number of fused-ring (bicyclic) bond motifs is 1. The van der Waals surface area contributed by atoms with Crippen molar-refractivity contribution in [3.63, 3.8) is 0 Å². The highest BCUT2D eigenvalue weighted by atomic mass is 19.2. The zero-order valence-corrected chi connectivity index (χ0v) is 12.4. The van der Waals surface area contributed by atoms with Crippen molar-refractivity contribution < 1.29 is 13.2 Å². The lowest BCUT2D eigenvalue weighted by Crippen LogP contribution is -1.97. The molecule has 0 radical (unpaired) electrons. The number of aromatic nitrogens is 3. The van der Waals surface area contributed by atoms with E-state index in [4.69, 9.17) is 4.42 Å². The minimum Gasteiger partial charge on any atom is -0.459 e. The third kappa shape index (κ3) is 2.60. The van der Waals surface area contributed by atoms with E-state index in [1.54, 1.807) is 12.1 Å². The van der Waals surface area contributed by atoms with E-state index < -0.39 is 11.6 Å². The highest BCUT2D eigenvalue weighted by Gasteiger charge is 2.13. The van der Waals surface area contributed by atoms with Gasteiger partial charge < -0.3 is 9.73 Å². The summed E-state index contributed by atoms with van der Waals surface area (Å²) in [6, 6.07) is 12.9. The molecule has 0 aliphatic carbocycles. The average Bonchev–Trinajstić information content (AvgIpc) is 3.24. The second-order valence-corrected chi connectivity index (χ2v) is 5.25. The minimum absolute atomic E-state index is 0.102. The van der Waals surface area contributed by atoms with Crippen molar-refractivity contribution in [2.45, 2.75) is 6.54 Å². The molecule has 5 nitrogen and oxygen atoms in total. The number of aromatic amines is 1. The maximum Gasteiger partial charge on any atom is 0.169 e. The van der Waals surface area contributed by atoms with Gasteiger partial charge in [0.2, 0.25) is 0 Å². The molecule has 0 unspecified atom stereocenters. The maximum atomic E-state index is 13.8. The summed E-state index contributed by atoms with van der Waals surface area (Å²) in [5.41, 5.74) is 2.49. The number of halogens is 2. The van der Waals surface area contributed by atoms with E-state index in [0.717, 1.165) is 22.8 Å². The molecule has 24 heavy (non-hydrogen) atoms. The van der Waals surface area contributed by atoms with Gasteiger partial charge in [0.05, 0.1) is 12.1 Å². The molecular formula is C17H12F2N4O. The molecule has 4 aromatic rings. The Bertz CT molecular complexity index is 1010. The van der Waals surface area contributed by atoms with Crippen LogP contribution in [0.25, 0.3) is 22.4 Å². The number of H-pyrrole nitrogens is 1. The average molecular weight is 326 g/mol. The van der Waals surface area contributed by atoms with E-state index in [9.17, 15) is 8.78 Å². The molecular weight excluding hydrogens is 314 g/mol. The Kier molecular flexibility index (Phi) is 3.45. The van der Waals surface area contributed by atoms with Crippen molar-refractivity contribution in [3.8, 4) is 11.3 Å². The Morgan fingerprint density at radius 3 is 2.79 bits per heavy atom. The van der Waals surface area contributed by atoms with Crippen LogP contribution in [0.15, 0.2) is 52.9 Å². The van der Waals surface area contributed by atoms with Crippen LogP contribution in [0.5, 0.6) is 0 Å². The first-order chi connectivity index (χ1) is 11.7. The molecule has 0 spiro atoms. The molecule has 2 aromatic heterocycles. The smallest absolute Gasteiger partial charge is 0.169 e. The number of anilines is 1. The summed E-state index contributed by atoms with van der Waals surface area (Å²) in [6.07, 6.45) is 0. The minimum atomic E-state index is -0.914. The van der Waals surface area contributed by atoms with Gasteiger partial charge in [0.25, 0.3) is 0 Å². The number of benzene rings is 2. The predicted molar refractivity (Wildman–Crippen MR) is 85.3 cm³/mol. The fourth-order valence-electron chi connectivity index (χ4n) is 2.45. The van der Waals surface area contributed by atoms with Crippen LogP contribution in [0, 0.1) is 11.6 Å². The van der Waals surface area contributed by atoms with Gasteiger partial charge in [-0.05, 0) is 42.5 Å². The van der Waals surface area contributed by atoms with Gasteiger partial charge >= 0.3 is 0 Å². The van der Waals surface area contributed by atoms with Crippen LogP contribution in [-0.4, -0.2) is 15.4 Å². The number of nitrogens with one attached hydrogen (secondary N) is 2. The van der Waals surface area contributed by atoms with Gasteiger partial charge in [-0.25, -0.2) is 8.78 Å². The normalized spacial score (nSPS) is 11.1. The van der Waals surface area contributed by atoms with Crippen molar-refractivity contribution in [1.82, 2.24) is 15.4 Å². The van der Waals surface area contributed by atoms with E-state index in [0.29, 0.717) is 12.3 Å². The zero-order valence-electron chi connectivity index (χ0n) is 12.4. The molecule has 2 aromatic carbocycles. The predicted octanol–water partition coefficient (Wildman–Crippen LogP) is 4.11. The van der Waals surface area contributed by atoms with Crippen LogP contribution in [-0.2, 0) is 6.54 Å². The van der Waals surface area contributed by atoms with Crippen molar-refractivity contribution in [2.24, 2.45) is 0 Å². The van der Waals surface area contributed by atoms with Crippen LogP contribution in [0.3, 0.4) is 0 Å². The van der Waals surface area contributed by atoms with Gasteiger partial charge in [-0.15, -0.1) is 0 Å². The maximum absolute atomic E-state index is 13.8. The van der Waals surface area contributed by atoms with Gasteiger partial charge in [0.15, 0.2) is 11.6 Å². The Labute approximate surface area is 135 Å². The molecule has 0 saturated carbocycles. The quantitative estimate of drug-likeness (QED) is 0.592. The lowest BCUT2D eigenvalue weighted by molar-refractivity contribution is 0.496. The summed E-state index contributed by atoms with van der Waals surface area (Å²) in [5.74, 6) is -0.919. The highest BCUT2D eigenvalue weighted by Crippen LogP contribution is 2.26. The summed E-state index contributed by atoms with van der Waals surface area (Å²) in [4.78, 5) is 0. The fraction of sp³-hybridized carbons (Fsp3) is 0.0588. The number of furan rings is 1. The van der Waals surface area contributed by atoms with Crippen molar-refractivity contribution in [1.29, 1.82) is 0 Å². The molecule has 0 atom stereocenters. The molecule has 4 rings (SSSR count). The van der Waals surface area contributed by atoms with E-state index >= 15 is 0 Å². The molecule has 0 fully saturated rings.